The van der Waals surface area contributed by atoms with Crippen LogP contribution in [0.1, 0.15) is 31.1 Å². The minimum atomic E-state index is -4.86. The molecule has 4 aromatic carbocycles. The molecule has 8 nitrogen and oxygen atoms in total. The molecule has 0 saturated carbocycles. The van der Waals surface area contributed by atoms with E-state index in [1.165, 1.54) is 71.6 Å². The minimum Gasteiger partial charge on any atom is -0.406 e. The Kier molecular flexibility index (Phi) is 8.97. The van der Waals surface area contributed by atoms with Gasteiger partial charge in [-0.25, -0.2) is 8.42 Å². The Labute approximate surface area is 280 Å². The summed E-state index contributed by atoms with van der Waals surface area (Å²) in [5.74, 6) is -1.75. The average molecular weight is 707 g/mol. The smallest absolute Gasteiger partial charge is 0.406 e. The van der Waals surface area contributed by atoms with Crippen LogP contribution in [0.5, 0.6) is 5.75 Å². The van der Waals surface area contributed by atoms with Crippen molar-refractivity contribution in [2.75, 3.05) is 10.6 Å². The van der Waals surface area contributed by atoms with Crippen molar-refractivity contribution in [1.29, 1.82) is 0 Å². The lowest BCUT2D eigenvalue weighted by Gasteiger charge is -2.21. The lowest BCUT2D eigenvalue weighted by atomic mass is 9.92. The molecule has 2 N–H and O–H groups in total. The number of alkyl halides is 3. The third-order valence-corrected chi connectivity index (χ3v) is 10.9. The number of anilines is 2. The summed E-state index contributed by atoms with van der Waals surface area (Å²) >= 11 is 2.62. The highest BCUT2D eigenvalue weighted by atomic mass is 32.2. The van der Waals surface area contributed by atoms with Gasteiger partial charge in [-0.2, -0.15) is 0 Å². The molecule has 242 valence electrons. The van der Waals surface area contributed by atoms with Crippen molar-refractivity contribution in [3.05, 3.63) is 142 Å². The molecule has 6 rings (SSSR count). The molecule has 0 radical (unpaired) electrons. The Morgan fingerprint density at radius 3 is 1.88 bits per heavy atom. The first-order chi connectivity index (χ1) is 22.9. The highest BCUT2D eigenvalue weighted by Crippen LogP contribution is 2.39. The molecule has 0 atom stereocenters. The molecule has 14 heteroatoms. The highest BCUT2D eigenvalue weighted by Gasteiger charge is 2.33. The van der Waals surface area contributed by atoms with E-state index in [1.54, 1.807) is 24.3 Å². The van der Waals surface area contributed by atoms with E-state index in [0.717, 1.165) is 28.5 Å². The maximum absolute atomic E-state index is 13.5. The molecule has 0 saturated heterocycles. The van der Waals surface area contributed by atoms with E-state index in [4.69, 9.17) is 0 Å². The summed E-state index contributed by atoms with van der Waals surface area (Å²) in [6, 6.07) is 25.7. The number of hydrogen-bond acceptors (Lipinski definition) is 9. The molecule has 0 aliphatic heterocycles. The molecule has 0 fully saturated rings. The van der Waals surface area contributed by atoms with Crippen molar-refractivity contribution >= 4 is 61.8 Å². The van der Waals surface area contributed by atoms with Crippen molar-refractivity contribution in [2.45, 2.75) is 20.4 Å². The van der Waals surface area contributed by atoms with E-state index in [2.05, 4.69) is 15.4 Å². The van der Waals surface area contributed by atoms with Gasteiger partial charge in [-0.3, -0.25) is 14.4 Å². The summed E-state index contributed by atoms with van der Waals surface area (Å²) in [6.45, 7) is 0. The van der Waals surface area contributed by atoms with Crippen LogP contribution in [0.25, 0.3) is 0 Å². The SMILES string of the molecule is O=C(Nc1ccc(S(=O)(=O)c2ccc(NC3=C(Sc4cccs4)C(=O)c4ccccc4C3=O)cc2)cc1)c1ccc(OC(F)(F)F)cc1. The molecule has 1 aliphatic rings. The number of halogens is 3. The fourth-order valence-electron chi connectivity index (χ4n) is 4.71. The van der Waals surface area contributed by atoms with E-state index < -0.39 is 27.9 Å². The van der Waals surface area contributed by atoms with E-state index >= 15 is 0 Å². The second-order valence-corrected chi connectivity index (χ2v) is 14.4. The second-order valence-electron chi connectivity index (χ2n) is 10.1. The molecular formula is C34H21F3N2O6S3. The number of nitrogens with one attached hydrogen (secondary N) is 2. The average Bonchev–Trinajstić information content (AvgIpc) is 3.59. The Bertz CT molecular complexity index is 2160. The molecule has 1 aliphatic carbocycles. The fourth-order valence-corrected chi connectivity index (χ4v) is 7.83. The van der Waals surface area contributed by atoms with Gasteiger partial charge < -0.3 is 15.4 Å². The highest BCUT2D eigenvalue weighted by molar-refractivity contribution is 8.05. The number of thioether (sulfide) groups is 1. The predicted octanol–water partition coefficient (Wildman–Crippen LogP) is 8.23. The molecule has 5 aromatic rings. The number of ether oxygens (including phenoxy) is 1. The van der Waals surface area contributed by atoms with E-state index in [0.29, 0.717) is 11.3 Å². The Balaban J connectivity index is 1.17. The number of rotatable bonds is 9. The first kappa shape index (κ1) is 32.7. The standard InChI is InChI=1S/C34H21F3N2O6S3/c35-34(36,37)45-23-13-7-20(8-14-23)33(42)39-22-11-17-25(18-12-22)48(43,44)24-15-9-21(10-16-24)38-29-30(40)26-4-1-2-5-27(26)31(41)32(29)47-28-6-3-19-46-28/h1-19,38H,(H,39,42). The van der Waals surface area contributed by atoms with Crippen LogP contribution in [0, 0.1) is 0 Å². The van der Waals surface area contributed by atoms with Gasteiger partial charge in [-0.1, -0.05) is 42.1 Å². The van der Waals surface area contributed by atoms with Crippen LogP contribution >= 0.6 is 23.1 Å². The van der Waals surface area contributed by atoms with Crippen molar-refractivity contribution in [1.82, 2.24) is 0 Å². The summed E-state index contributed by atoms with van der Waals surface area (Å²) in [7, 11) is -3.99. The third-order valence-electron chi connectivity index (χ3n) is 6.98. The quantitative estimate of drug-likeness (QED) is 0.157. The number of carbonyl (C=O) groups is 3. The lowest BCUT2D eigenvalue weighted by molar-refractivity contribution is -0.274. The number of thiophene rings is 1. The first-order valence-electron chi connectivity index (χ1n) is 13.9. The number of carbonyl (C=O) groups excluding carboxylic acids is 3. The number of benzene rings is 4. The minimum absolute atomic E-state index is 0.0374. The van der Waals surface area contributed by atoms with Crippen LogP contribution in [-0.4, -0.2) is 32.3 Å². The maximum atomic E-state index is 13.5. The Morgan fingerprint density at radius 1 is 0.729 bits per heavy atom. The van der Waals surface area contributed by atoms with Crippen molar-refractivity contribution in [2.24, 2.45) is 0 Å². The molecule has 1 heterocycles. The Morgan fingerprint density at radius 2 is 1.31 bits per heavy atom. The van der Waals surface area contributed by atoms with Gasteiger partial charge in [0.2, 0.25) is 21.4 Å². The lowest BCUT2D eigenvalue weighted by Crippen LogP contribution is -2.25. The first-order valence-corrected chi connectivity index (χ1v) is 17.1. The van der Waals surface area contributed by atoms with Gasteiger partial charge in [0.1, 0.15) is 11.4 Å². The number of Topliss-reactive ketones (excluding diaryl/α,β-unsaturated/α-hetero) is 2. The predicted molar refractivity (Wildman–Crippen MR) is 175 cm³/mol. The summed E-state index contributed by atoms with van der Waals surface area (Å²) in [6.07, 6.45) is -4.86. The monoisotopic (exact) mass is 706 g/mol. The number of hydrogen-bond donors (Lipinski definition) is 2. The van der Waals surface area contributed by atoms with Crippen molar-refractivity contribution in [3.63, 3.8) is 0 Å². The Hall–Kier alpha value is -5.18. The normalized spacial score (nSPS) is 13.2. The van der Waals surface area contributed by atoms with Crippen molar-refractivity contribution < 1.29 is 40.7 Å². The van der Waals surface area contributed by atoms with Crippen LogP contribution in [0.15, 0.2) is 139 Å². The summed E-state index contributed by atoms with van der Waals surface area (Å²) in [4.78, 5) is 39.6. The zero-order chi connectivity index (χ0) is 34.1. The van der Waals surface area contributed by atoms with E-state index in [9.17, 15) is 36.0 Å². The van der Waals surface area contributed by atoms with Crippen LogP contribution < -0.4 is 15.4 Å². The van der Waals surface area contributed by atoms with Crippen molar-refractivity contribution in [3.8, 4) is 5.75 Å². The number of fused-ring (bicyclic) bond motifs is 1. The van der Waals surface area contributed by atoms with Crippen LogP contribution in [-0.2, 0) is 9.84 Å². The fraction of sp³-hybridized carbons (Fsp3) is 0.0294. The summed E-state index contributed by atoms with van der Waals surface area (Å²) in [5, 5.41) is 7.46. The third kappa shape index (κ3) is 7.05. The van der Waals surface area contributed by atoms with E-state index in [1.807, 2.05) is 17.5 Å². The number of allylic oxidation sites excluding steroid dienone is 2. The van der Waals surface area contributed by atoms with Crippen LogP contribution in [0.4, 0.5) is 24.5 Å². The molecule has 0 unspecified atom stereocenters. The summed E-state index contributed by atoms with van der Waals surface area (Å²) in [5.41, 5.74) is 1.39. The van der Waals surface area contributed by atoms with Gasteiger partial charge in [0.15, 0.2) is 0 Å². The number of ketones is 2. The molecule has 1 aromatic heterocycles. The van der Waals surface area contributed by atoms with Gasteiger partial charge in [-0.05, 0) is 84.2 Å². The largest absolute Gasteiger partial charge is 0.573 e. The van der Waals surface area contributed by atoms with Gasteiger partial charge in [0.05, 0.1) is 18.9 Å². The zero-order valence-corrected chi connectivity index (χ0v) is 26.7. The molecule has 1 amide bonds. The van der Waals surface area contributed by atoms with Crippen LogP contribution in [0.2, 0.25) is 0 Å². The van der Waals surface area contributed by atoms with E-state index in [-0.39, 0.29) is 48.8 Å². The zero-order valence-electron chi connectivity index (χ0n) is 24.3. The maximum Gasteiger partial charge on any atom is 0.573 e. The molecule has 48 heavy (non-hydrogen) atoms. The number of sulfone groups is 1. The topological polar surface area (TPSA) is 119 Å². The van der Waals surface area contributed by atoms with Gasteiger partial charge in [0.25, 0.3) is 5.91 Å². The van der Waals surface area contributed by atoms with Crippen LogP contribution in [0.3, 0.4) is 0 Å². The van der Waals surface area contributed by atoms with Gasteiger partial charge in [-0.15, -0.1) is 24.5 Å². The molecule has 0 bridgehead atoms. The molecule has 0 spiro atoms. The summed E-state index contributed by atoms with van der Waals surface area (Å²) < 4.78 is 68.5. The second kappa shape index (κ2) is 13.1. The van der Waals surface area contributed by atoms with Gasteiger partial charge in [0, 0.05) is 28.1 Å². The number of amides is 1. The molecular weight excluding hydrogens is 686 g/mol. The van der Waals surface area contributed by atoms with Gasteiger partial charge >= 0.3 is 6.36 Å².